The van der Waals surface area contributed by atoms with Crippen molar-refractivity contribution in [1.82, 2.24) is 0 Å². The van der Waals surface area contributed by atoms with Crippen LogP contribution in [0.3, 0.4) is 0 Å². The standard InChI is InChI=1S/C13H18O3/c1-3-15-12(10-13(14)16-4-2)11-8-6-5-7-9-11/h5-9,12H,3-4,10H2,1-2H3/t12-/m0/s1. The minimum atomic E-state index is -0.218. The zero-order valence-electron chi connectivity index (χ0n) is 9.81. The highest BCUT2D eigenvalue weighted by molar-refractivity contribution is 5.70. The zero-order chi connectivity index (χ0) is 11.8. The van der Waals surface area contributed by atoms with Crippen molar-refractivity contribution in [3.8, 4) is 0 Å². The fourth-order valence-corrected chi connectivity index (χ4v) is 1.51. The van der Waals surface area contributed by atoms with Crippen LogP contribution in [0.25, 0.3) is 0 Å². The van der Waals surface area contributed by atoms with E-state index in [1.807, 2.05) is 37.3 Å². The van der Waals surface area contributed by atoms with Crippen LogP contribution in [0.5, 0.6) is 0 Å². The first-order valence-electron chi connectivity index (χ1n) is 5.60. The van der Waals surface area contributed by atoms with Crippen molar-refractivity contribution in [2.45, 2.75) is 26.4 Å². The summed E-state index contributed by atoms with van der Waals surface area (Å²) in [5, 5.41) is 0. The fraction of sp³-hybridized carbons (Fsp3) is 0.462. The molecule has 0 aliphatic heterocycles. The second-order valence-corrected chi connectivity index (χ2v) is 3.36. The van der Waals surface area contributed by atoms with Crippen LogP contribution < -0.4 is 0 Å². The Hall–Kier alpha value is -1.35. The van der Waals surface area contributed by atoms with Crippen LogP contribution in [0.1, 0.15) is 31.9 Å². The zero-order valence-corrected chi connectivity index (χ0v) is 9.81. The van der Waals surface area contributed by atoms with E-state index in [2.05, 4.69) is 0 Å². The predicted molar refractivity (Wildman–Crippen MR) is 62.1 cm³/mol. The molecule has 0 bridgehead atoms. The van der Waals surface area contributed by atoms with Gasteiger partial charge in [-0.2, -0.15) is 0 Å². The molecule has 0 saturated carbocycles. The van der Waals surface area contributed by atoms with E-state index < -0.39 is 0 Å². The van der Waals surface area contributed by atoms with E-state index in [9.17, 15) is 4.79 Å². The number of rotatable bonds is 6. The molecule has 16 heavy (non-hydrogen) atoms. The Balaban J connectivity index is 2.64. The fourth-order valence-electron chi connectivity index (χ4n) is 1.51. The maximum Gasteiger partial charge on any atom is 0.308 e. The Kier molecular flexibility index (Phi) is 5.57. The molecule has 0 aromatic heterocycles. The lowest BCUT2D eigenvalue weighted by molar-refractivity contribution is -0.146. The number of esters is 1. The molecule has 0 radical (unpaired) electrons. The molecule has 0 amide bonds. The van der Waals surface area contributed by atoms with Gasteiger partial charge in [-0.1, -0.05) is 30.3 Å². The van der Waals surface area contributed by atoms with Crippen molar-refractivity contribution >= 4 is 5.97 Å². The normalized spacial score (nSPS) is 12.1. The summed E-state index contributed by atoms with van der Waals surface area (Å²) in [5.74, 6) is -0.218. The van der Waals surface area contributed by atoms with E-state index in [-0.39, 0.29) is 18.5 Å². The van der Waals surface area contributed by atoms with Gasteiger partial charge in [0.05, 0.1) is 19.1 Å². The lowest BCUT2D eigenvalue weighted by atomic mass is 10.1. The van der Waals surface area contributed by atoms with Crippen molar-refractivity contribution in [1.29, 1.82) is 0 Å². The molecule has 1 rings (SSSR count). The van der Waals surface area contributed by atoms with E-state index >= 15 is 0 Å². The molecule has 0 spiro atoms. The van der Waals surface area contributed by atoms with Crippen LogP contribution in [0.2, 0.25) is 0 Å². The molecule has 3 heteroatoms. The maximum atomic E-state index is 11.4. The van der Waals surface area contributed by atoms with E-state index in [0.717, 1.165) is 5.56 Å². The third kappa shape index (κ3) is 4.03. The van der Waals surface area contributed by atoms with Gasteiger partial charge < -0.3 is 9.47 Å². The van der Waals surface area contributed by atoms with Crippen LogP contribution in [0.15, 0.2) is 30.3 Å². The molecule has 1 atom stereocenters. The van der Waals surface area contributed by atoms with E-state index in [4.69, 9.17) is 9.47 Å². The van der Waals surface area contributed by atoms with Crippen LogP contribution in [0, 0.1) is 0 Å². The third-order valence-electron chi connectivity index (χ3n) is 2.20. The molecule has 0 N–H and O–H groups in total. The number of hydrogen-bond acceptors (Lipinski definition) is 3. The highest BCUT2D eigenvalue weighted by Gasteiger charge is 2.16. The summed E-state index contributed by atoms with van der Waals surface area (Å²) < 4.78 is 10.5. The summed E-state index contributed by atoms with van der Waals surface area (Å²) >= 11 is 0. The molecule has 0 heterocycles. The van der Waals surface area contributed by atoms with Gasteiger partial charge in [0.15, 0.2) is 0 Å². The summed E-state index contributed by atoms with van der Waals surface area (Å²) in [5.41, 5.74) is 1.01. The quantitative estimate of drug-likeness (QED) is 0.694. The van der Waals surface area contributed by atoms with E-state index in [1.54, 1.807) is 6.92 Å². The maximum absolute atomic E-state index is 11.4. The van der Waals surface area contributed by atoms with Gasteiger partial charge in [-0.25, -0.2) is 0 Å². The molecular weight excluding hydrogens is 204 g/mol. The first-order chi connectivity index (χ1) is 7.77. The summed E-state index contributed by atoms with van der Waals surface area (Å²) in [4.78, 5) is 11.4. The van der Waals surface area contributed by atoms with E-state index in [0.29, 0.717) is 13.2 Å². The van der Waals surface area contributed by atoms with Crippen molar-refractivity contribution in [2.24, 2.45) is 0 Å². The second-order valence-electron chi connectivity index (χ2n) is 3.36. The number of carbonyl (C=O) groups is 1. The van der Waals surface area contributed by atoms with Crippen molar-refractivity contribution < 1.29 is 14.3 Å². The van der Waals surface area contributed by atoms with Crippen LogP contribution >= 0.6 is 0 Å². The van der Waals surface area contributed by atoms with Crippen molar-refractivity contribution in [2.75, 3.05) is 13.2 Å². The lowest BCUT2D eigenvalue weighted by Gasteiger charge is -2.16. The minimum Gasteiger partial charge on any atom is -0.466 e. The summed E-state index contributed by atoms with van der Waals surface area (Å²) in [6.45, 7) is 4.71. The molecular formula is C13H18O3. The Labute approximate surface area is 96.4 Å². The lowest BCUT2D eigenvalue weighted by Crippen LogP contribution is -2.13. The topological polar surface area (TPSA) is 35.5 Å². The van der Waals surface area contributed by atoms with Gasteiger partial charge in [-0.05, 0) is 19.4 Å². The summed E-state index contributed by atoms with van der Waals surface area (Å²) in [7, 11) is 0. The van der Waals surface area contributed by atoms with Gasteiger partial charge in [-0.3, -0.25) is 4.79 Å². The Morgan fingerprint density at radius 3 is 2.44 bits per heavy atom. The van der Waals surface area contributed by atoms with E-state index in [1.165, 1.54) is 0 Å². The Morgan fingerprint density at radius 1 is 1.19 bits per heavy atom. The minimum absolute atomic E-state index is 0.203. The van der Waals surface area contributed by atoms with Gasteiger partial charge in [0, 0.05) is 6.61 Å². The number of ether oxygens (including phenoxy) is 2. The Morgan fingerprint density at radius 2 is 1.88 bits per heavy atom. The van der Waals surface area contributed by atoms with Gasteiger partial charge in [0.1, 0.15) is 0 Å². The highest BCUT2D eigenvalue weighted by Crippen LogP contribution is 2.21. The molecule has 0 saturated heterocycles. The number of carbonyl (C=O) groups excluding carboxylic acids is 1. The first-order valence-corrected chi connectivity index (χ1v) is 5.60. The molecule has 0 aliphatic rings. The summed E-state index contributed by atoms with van der Waals surface area (Å²) in [6, 6.07) is 9.73. The Bertz CT molecular complexity index is 308. The van der Waals surface area contributed by atoms with Crippen LogP contribution in [0.4, 0.5) is 0 Å². The number of hydrogen-bond donors (Lipinski definition) is 0. The predicted octanol–water partition coefficient (Wildman–Crippen LogP) is 2.72. The van der Waals surface area contributed by atoms with Gasteiger partial charge in [-0.15, -0.1) is 0 Å². The first kappa shape index (κ1) is 12.7. The summed E-state index contributed by atoms with van der Waals surface area (Å²) in [6.07, 6.45) is 0.0661. The SMILES string of the molecule is CCOC(=O)C[C@H](OCC)c1ccccc1. The van der Waals surface area contributed by atoms with Crippen molar-refractivity contribution in [3.05, 3.63) is 35.9 Å². The largest absolute Gasteiger partial charge is 0.466 e. The molecule has 0 aliphatic carbocycles. The third-order valence-corrected chi connectivity index (χ3v) is 2.20. The molecule has 0 unspecified atom stereocenters. The average Bonchev–Trinajstić information content (AvgIpc) is 2.30. The van der Waals surface area contributed by atoms with Gasteiger partial charge in [0.2, 0.25) is 0 Å². The second kappa shape index (κ2) is 7.01. The smallest absolute Gasteiger partial charge is 0.308 e. The highest BCUT2D eigenvalue weighted by atomic mass is 16.5. The van der Waals surface area contributed by atoms with Crippen LogP contribution in [-0.2, 0) is 14.3 Å². The average molecular weight is 222 g/mol. The molecule has 1 aromatic rings. The molecule has 88 valence electrons. The molecule has 1 aromatic carbocycles. The monoisotopic (exact) mass is 222 g/mol. The van der Waals surface area contributed by atoms with Gasteiger partial charge >= 0.3 is 5.97 Å². The van der Waals surface area contributed by atoms with Crippen LogP contribution in [-0.4, -0.2) is 19.2 Å². The van der Waals surface area contributed by atoms with Crippen molar-refractivity contribution in [3.63, 3.8) is 0 Å². The van der Waals surface area contributed by atoms with Gasteiger partial charge in [0.25, 0.3) is 0 Å². The molecule has 0 fully saturated rings. The number of benzene rings is 1. The molecule has 3 nitrogen and oxygen atoms in total.